The van der Waals surface area contributed by atoms with Gasteiger partial charge < -0.3 is 0 Å². The topological polar surface area (TPSA) is 38.3 Å². The molecule has 0 spiro atoms. The van der Waals surface area contributed by atoms with Gasteiger partial charge in [0, 0.05) is 0 Å². The van der Waals surface area contributed by atoms with E-state index >= 15 is 0 Å². The van der Waals surface area contributed by atoms with Crippen LogP contribution >= 0.6 is 22.6 Å². The predicted octanol–water partition coefficient (Wildman–Crippen LogP) is -1.56. The molecule has 0 aromatic carbocycles. The molecule has 0 aliphatic heterocycles. The number of ether oxygens (including phenoxy) is 1. The molecular weight excluding hydrogens is 384 g/mol. The molecule has 0 aliphatic carbocycles. The summed E-state index contributed by atoms with van der Waals surface area (Å²) in [5.41, 5.74) is 0. The number of nitrogens with one attached hydrogen (secondary N) is 1. The summed E-state index contributed by atoms with van der Waals surface area (Å²) in [6.07, 6.45) is 0. The number of carbonyl (C=O) groups is 1. The van der Waals surface area contributed by atoms with E-state index in [0.29, 0.717) is 5.88 Å². The Morgan fingerprint density at radius 3 is 2.58 bits per heavy atom. The van der Waals surface area contributed by atoms with Crippen LogP contribution in [0.2, 0.25) is 0 Å². The quantitative estimate of drug-likeness (QED) is 0.206. The zero-order valence-corrected chi connectivity index (χ0v) is 11.6. The first-order chi connectivity index (χ1) is 5.37. The number of alkyl halides is 3. The van der Waals surface area contributed by atoms with Crippen molar-refractivity contribution in [2.75, 3.05) is 4.93 Å². The Morgan fingerprint density at radius 2 is 2.25 bits per heavy atom. The van der Waals surface area contributed by atoms with Gasteiger partial charge in [0.1, 0.15) is 0 Å². The van der Waals surface area contributed by atoms with E-state index in [-0.39, 0.29) is 28.7 Å². The number of rotatable bonds is 4. The Balaban J connectivity index is 3.92. The van der Waals surface area contributed by atoms with Crippen LogP contribution in [0.25, 0.3) is 0 Å². The van der Waals surface area contributed by atoms with Crippen molar-refractivity contribution in [1.29, 1.82) is 0 Å². The van der Waals surface area contributed by atoms with E-state index in [1.165, 1.54) is 6.92 Å². The van der Waals surface area contributed by atoms with E-state index in [1.54, 1.807) is 0 Å². The average molecular weight is 396 g/mol. The third kappa shape index (κ3) is 6.04. The second kappa shape index (κ2) is 5.25. The molecule has 0 amide bonds. The summed E-state index contributed by atoms with van der Waals surface area (Å²) in [5, 5.41) is 3.04. The van der Waals surface area contributed by atoms with Gasteiger partial charge in [0.2, 0.25) is 0 Å². The van der Waals surface area contributed by atoms with Gasteiger partial charge >= 0.3 is 97.4 Å². The van der Waals surface area contributed by atoms with Crippen LogP contribution < -0.4 is 26.5 Å². The van der Waals surface area contributed by atoms with E-state index in [0.717, 1.165) is 0 Å². The minimum atomic E-state index is -0.339. The summed E-state index contributed by atoms with van der Waals surface area (Å²) < 4.78 is 4.76. The van der Waals surface area contributed by atoms with Gasteiger partial charge in [-0.05, 0) is 0 Å². The number of esters is 1. The number of carbonyl (C=O) groups excluding carboxylic acids is 1. The fourth-order valence-electron chi connectivity index (χ4n) is 0.491. The first-order valence-corrected chi connectivity index (χ1v) is 7.54. The first-order valence-electron chi connectivity index (χ1n) is 3.22. The molecule has 12 heavy (non-hydrogen) atoms. The Kier molecular flexibility index (Phi) is 5.46. The van der Waals surface area contributed by atoms with Crippen LogP contribution in [0.3, 0.4) is 0 Å². The van der Waals surface area contributed by atoms with Gasteiger partial charge in [-0.25, -0.2) is 0 Å². The van der Waals surface area contributed by atoms with Crippen LogP contribution in [0.15, 0.2) is 12.5 Å². The predicted molar refractivity (Wildman–Crippen MR) is 52.4 cm³/mol. The van der Waals surface area contributed by atoms with Gasteiger partial charge in [-0.3, -0.25) is 0 Å². The van der Waals surface area contributed by atoms with Crippen molar-refractivity contribution in [3.05, 3.63) is 12.5 Å². The van der Waals surface area contributed by atoms with Crippen LogP contribution in [0.5, 0.6) is 0 Å². The van der Waals surface area contributed by atoms with E-state index in [2.05, 4.69) is 46.3 Å². The van der Waals surface area contributed by atoms with Crippen LogP contribution in [-0.4, -0.2) is 12.5 Å². The molecule has 3 nitrogen and oxygen atoms in total. The van der Waals surface area contributed by atoms with Crippen molar-refractivity contribution >= 4 is 28.6 Å². The van der Waals surface area contributed by atoms with Gasteiger partial charge in [0.15, 0.2) is 0 Å². The fourth-order valence-corrected chi connectivity index (χ4v) is 1.36. The molecule has 0 saturated heterocycles. The zero-order valence-electron chi connectivity index (χ0n) is 7.28. The molecule has 0 aromatic rings. The monoisotopic (exact) mass is 396 g/mol. The summed E-state index contributed by atoms with van der Waals surface area (Å²) in [7, 11) is 0. The maximum absolute atomic E-state index is 10.5. The van der Waals surface area contributed by atoms with Crippen molar-refractivity contribution in [3.8, 4) is 0 Å². The summed E-state index contributed by atoms with van der Waals surface area (Å²) >= 11 is 2.31. The molecule has 0 radical (unpaired) electrons. The molecule has 0 bridgehead atoms. The molecule has 1 atom stereocenters. The Bertz CT molecular complexity index is 192. The average Bonchev–Trinajstić information content (AvgIpc) is 1.84. The molecule has 72 valence electrons. The number of halogens is 2. The molecule has 5 heteroatoms. The summed E-state index contributed by atoms with van der Waals surface area (Å²) in [5.74, 6) is -0.00467. The van der Waals surface area contributed by atoms with Gasteiger partial charge in [-0.15, -0.1) is 0 Å². The van der Waals surface area contributed by atoms with Crippen molar-refractivity contribution < 1.29 is 30.7 Å². The number of hydrogen-bond donors (Lipinski definition) is 1. The molecule has 0 aromatic heterocycles. The SMILES string of the molecule is C=C(NC(C)(I)[I-]C)OC(C)=O. The maximum atomic E-state index is 10.5. The van der Waals surface area contributed by atoms with Crippen LogP contribution in [0.4, 0.5) is 0 Å². The molecular formula is C7H12I2NO2-. The third-order valence-corrected chi connectivity index (χ3v) is 6.28. The normalized spacial score (nSPS) is 15.0. The van der Waals surface area contributed by atoms with Crippen LogP contribution in [0, 0.1) is 0 Å². The third-order valence-electron chi connectivity index (χ3n) is 0.981. The van der Waals surface area contributed by atoms with Crippen molar-refractivity contribution in [2.24, 2.45) is 0 Å². The molecule has 1 unspecified atom stereocenters. The second-order valence-electron chi connectivity index (χ2n) is 2.22. The number of hydrogen-bond acceptors (Lipinski definition) is 3. The van der Waals surface area contributed by atoms with Crippen LogP contribution in [-0.2, 0) is 9.53 Å². The summed E-state index contributed by atoms with van der Waals surface area (Å²) in [6.45, 7) is 7.00. The standard InChI is InChI=1S/C7H12I2NO2/c1-5(12-6(2)11)10-7(3,8)9-4/h10H,1H2,2-4H3/q-1. The van der Waals surface area contributed by atoms with E-state index in [4.69, 9.17) is 4.74 Å². The Labute approximate surface area is 96.7 Å². The fraction of sp³-hybridized carbons (Fsp3) is 0.571. The Hall–Kier alpha value is 0.470. The molecule has 0 fully saturated rings. The van der Waals surface area contributed by atoms with Gasteiger partial charge in [-0.1, -0.05) is 0 Å². The first kappa shape index (κ1) is 12.5. The van der Waals surface area contributed by atoms with E-state index < -0.39 is 0 Å². The second-order valence-corrected chi connectivity index (χ2v) is 9.68. The van der Waals surface area contributed by atoms with Crippen molar-refractivity contribution in [2.45, 2.75) is 15.4 Å². The Morgan fingerprint density at radius 1 is 1.75 bits per heavy atom. The molecule has 0 rings (SSSR count). The van der Waals surface area contributed by atoms with E-state index in [9.17, 15) is 4.79 Å². The zero-order chi connectivity index (χ0) is 9.78. The molecule has 0 saturated carbocycles. The van der Waals surface area contributed by atoms with Crippen LogP contribution in [0.1, 0.15) is 13.8 Å². The van der Waals surface area contributed by atoms with Crippen molar-refractivity contribution in [1.82, 2.24) is 5.32 Å². The summed E-state index contributed by atoms with van der Waals surface area (Å²) in [6, 6.07) is 0. The van der Waals surface area contributed by atoms with Gasteiger partial charge in [0.05, 0.1) is 0 Å². The molecule has 0 heterocycles. The van der Waals surface area contributed by atoms with Crippen molar-refractivity contribution in [3.63, 3.8) is 0 Å². The summed E-state index contributed by atoms with van der Waals surface area (Å²) in [4.78, 5) is 12.7. The van der Waals surface area contributed by atoms with Gasteiger partial charge in [0.25, 0.3) is 0 Å². The van der Waals surface area contributed by atoms with E-state index in [1.807, 2.05) is 0 Å². The molecule has 1 N–H and O–H groups in total. The van der Waals surface area contributed by atoms with Gasteiger partial charge in [-0.2, -0.15) is 0 Å². The minimum absolute atomic E-state index is 0.00315. The molecule has 0 aliphatic rings.